The largest absolute Gasteiger partial charge is 0.481 e. The van der Waals surface area contributed by atoms with Crippen LogP contribution in [0.2, 0.25) is 0 Å². The van der Waals surface area contributed by atoms with E-state index in [1.807, 2.05) is 19.1 Å². The van der Waals surface area contributed by atoms with Crippen molar-refractivity contribution in [1.29, 1.82) is 0 Å². The molecule has 4 atom stereocenters. The molecule has 4 unspecified atom stereocenters. The summed E-state index contributed by atoms with van der Waals surface area (Å²) in [7, 11) is 0. The zero-order chi connectivity index (χ0) is 19.1. The maximum absolute atomic E-state index is 12.2. The van der Waals surface area contributed by atoms with Crippen molar-refractivity contribution in [2.75, 3.05) is 0 Å². The summed E-state index contributed by atoms with van der Waals surface area (Å²) in [5, 5.41) is 10.0. The van der Waals surface area contributed by atoms with E-state index in [1.54, 1.807) is 0 Å². The van der Waals surface area contributed by atoms with Crippen LogP contribution in [0.1, 0.15) is 50.7 Å². The first-order valence-corrected chi connectivity index (χ1v) is 9.97. The highest BCUT2D eigenvalue weighted by Crippen LogP contribution is 2.59. The number of hydrogen-bond donors (Lipinski definition) is 1. The molecule has 2 bridgehead atoms. The van der Waals surface area contributed by atoms with Gasteiger partial charge in [0.05, 0.1) is 5.41 Å². The van der Waals surface area contributed by atoms with E-state index < -0.39 is 11.4 Å². The summed E-state index contributed by atoms with van der Waals surface area (Å²) in [5.41, 5.74) is 3.25. The minimum absolute atomic E-state index is 0.0369. The van der Waals surface area contributed by atoms with Crippen LogP contribution in [0, 0.1) is 17.3 Å². The number of carboxylic acid groups (broad SMARTS) is 1. The van der Waals surface area contributed by atoms with Crippen molar-refractivity contribution in [2.24, 2.45) is 17.3 Å². The summed E-state index contributed by atoms with van der Waals surface area (Å²) >= 11 is 0. The molecule has 2 aromatic carbocycles. The number of benzene rings is 2. The summed E-state index contributed by atoms with van der Waals surface area (Å²) < 4.78 is 0. The molecule has 0 radical (unpaired) electrons. The normalized spacial score (nSPS) is 34.4. The topological polar surface area (TPSA) is 37.3 Å². The highest BCUT2D eigenvalue weighted by Gasteiger charge is 2.54. The molecule has 27 heavy (non-hydrogen) atoms. The van der Waals surface area contributed by atoms with Gasteiger partial charge < -0.3 is 5.11 Å². The lowest BCUT2D eigenvalue weighted by Crippen LogP contribution is -2.50. The van der Waals surface area contributed by atoms with Crippen LogP contribution in [0.5, 0.6) is 0 Å². The monoisotopic (exact) mass is 360 g/mol. The quantitative estimate of drug-likeness (QED) is 0.735. The average molecular weight is 360 g/mol. The Bertz CT molecular complexity index is 850. The molecular formula is C25H28O2. The Morgan fingerprint density at radius 2 is 1.63 bits per heavy atom. The van der Waals surface area contributed by atoms with Gasteiger partial charge in [-0.3, -0.25) is 4.79 Å². The molecule has 0 aliphatic heterocycles. The molecule has 0 saturated heterocycles. The van der Waals surface area contributed by atoms with Crippen LogP contribution in [-0.4, -0.2) is 11.1 Å². The molecule has 2 saturated carbocycles. The van der Waals surface area contributed by atoms with E-state index in [0.29, 0.717) is 11.8 Å². The SMILES string of the molecule is CC1CC2(c3ccccc3)CC(CC(C)(C(=O)O)C2)/C1=C/c1ccccc1. The molecule has 0 spiro atoms. The lowest BCUT2D eigenvalue weighted by Gasteiger charge is -2.54. The van der Waals surface area contributed by atoms with Crippen molar-refractivity contribution < 1.29 is 9.90 Å². The second kappa shape index (κ2) is 6.67. The van der Waals surface area contributed by atoms with Crippen molar-refractivity contribution in [3.63, 3.8) is 0 Å². The van der Waals surface area contributed by atoms with Crippen LogP contribution in [-0.2, 0) is 10.2 Å². The second-order valence-electron chi connectivity index (χ2n) is 8.95. The number of fused-ring (bicyclic) bond motifs is 2. The van der Waals surface area contributed by atoms with Crippen molar-refractivity contribution in [3.8, 4) is 0 Å². The molecule has 2 aliphatic rings. The Hall–Kier alpha value is -2.35. The number of hydrogen-bond acceptors (Lipinski definition) is 1. The summed E-state index contributed by atoms with van der Waals surface area (Å²) in [6.07, 6.45) is 5.87. The molecule has 0 heterocycles. The maximum atomic E-state index is 12.2. The first-order valence-electron chi connectivity index (χ1n) is 9.97. The molecular weight excluding hydrogens is 332 g/mol. The van der Waals surface area contributed by atoms with E-state index in [9.17, 15) is 9.90 Å². The number of aliphatic carboxylic acids is 1. The van der Waals surface area contributed by atoms with Gasteiger partial charge in [-0.1, -0.05) is 79.2 Å². The van der Waals surface area contributed by atoms with Crippen LogP contribution in [0.25, 0.3) is 6.08 Å². The van der Waals surface area contributed by atoms with Gasteiger partial charge >= 0.3 is 5.97 Å². The predicted octanol–water partition coefficient (Wildman–Crippen LogP) is 5.94. The van der Waals surface area contributed by atoms with Crippen LogP contribution in [0.15, 0.2) is 66.2 Å². The summed E-state index contributed by atoms with van der Waals surface area (Å²) in [6, 6.07) is 21.1. The van der Waals surface area contributed by atoms with E-state index in [-0.39, 0.29) is 5.41 Å². The van der Waals surface area contributed by atoms with Gasteiger partial charge in [0, 0.05) is 0 Å². The fraction of sp³-hybridized carbons (Fsp3) is 0.400. The Balaban J connectivity index is 1.79. The molecule has 2 fully saturated rings. The third kappa shape index (κ3) is 3.22. The molecule has 2 aliphatic carbocycles. The van der Waals surface area contributed by atoms with Crippen molar-refractivity contribution in [1.82, 2.24) is 0 Å². The third-order valence-corrected chi connectivity index (χ3v) is 6.84. The lowest BCUT2D eigenvalue weighted by molar-refractivity contribution is -0.153. The van der Waals surface area contributed by atoms with Gasteiger partial charge in [-0.25, -0.2) is 0 Å². The molecule has 2 aromatic rings. The van der Waals surface area contributed by atoms with Gasteiger partial charge in [0.2, 0.25) is 0 Å². The summed E-state index contributed by atoms with van der Waals surface area (Å²) in [5.74, 6) is 0.132. The zero-order valence-corrected chi connectivity index (χ0v) is 16.2. The fourth-order valence-electron chi connectivity index (χ4n) is 5.77. The number of allylic oxidation sites excluding steroid dienone is 1. The second-order valence-corrected chi connectivity index (χ2v) is 8.95. The smallest absolute Gasteiger partial charge is 0.309 e. The minimum Gasteiger partial charge on any atom is -0.481 e. The van der Waals surface area contributed by atoms with Crippen LogP contribution in [0.3, 0.4) is 0 Å². The molecule has 2 heteroatoms. The van der Waals surface area contributed by atoms with Crippen molar-refractivity contribution in [3.05, 3.63) is 77.4 Å². The van der Waals surface area contributed by atoms with Gasteiger partial charge in [-0.05, 0) is 61.0 Å². The average Bonchev–Trinajstić information content (AvgIpc) is 2.66. The van der Waals surface area contributed by atoms with E-state index in [0.717, 1.165) is 25.7 Å². The van der Waals surface area contributed by atoms with Crippen LogP contribution < -0.4 is 0 Å². The van der Waals surface area contributed by atoms with E-state index in [2.05, 4.69) is 61.5 Å². The molecule has 4 rings (SSSR count). The van der Waals surface area contributed by atoms with Gasteiger partial charge in [0.25, 0.3) is 0 Å². The van der Waals surface area contributed by atoms with E-state index in [1.165, 1.54) is 16.7 Å². The molecule has 140 valence electrons. The zero-order valence-electron chi connectivity index (χ0n) is 16.2. The van der Waals surface area contributed by atoms with E-state index >= 15 is 0 Å². The summed E-state index contributed by atoms with van der Waals surface area (Å²) in [6.45, 7) is 4.28. The Morgan fingerprint density at radius 1 is 1.00 bits per heavy atom. The third-order valence-electron chi connectivity index (χ3n) is 6.84. The number of rotatable bonds is 3. The maximum Gasteiger partial charge on any atom is 0.309 e. The van der Waals surface area contributed by atoms with Crippen LogP contribution >= 0.6 is 0 Å². The first-order chi connectivity index (χ1) is 12.9. The van der Waals surface area contributed by atoms with Gasteiger partial charge in [-0.2, -0.15) is 0 Å². The van der Waals surface area contributed by atoms with Gasteiger partial charge in [0.15, 0.2) is 0 Å². The van der Waals surface area contributed by atoms with Crippen LogP contribution in [0.4, 0.5) is 0 Å². The number of carboxylic acids is 1. The Labute approximate surface area is 161 Å². The van der Waals surface area contributed by atoms with Gasteiger partial charge in [0.1, 0.15) is 0 Å². The summed E-state index contributed by atoms with van der Waals surface area (Å²) in [4.78, 5) is 12.2. The Morgan fingerprint density at radius 3 is 2.26 bits per heavy atom. The fourth-order valence-corrected chi connectivity index (χ4v) is 5.77. The minimum atomic E-state index is -0.672. The highest BCUT2D eigenvalue weighted by atomic mass is 16.4. The van der Waals surface area contributed by atoms with Gasteiger partial charge in [-0.15, -0.1) is 0 Å². The molecule has 0 amide bonds. The molecule has 1 N–H and O–H groups in total. The molecule has 0 aromatic heterocycles. The predicted molar refractivity (Wildman–Crippen MR) is 109 cm³/mol. The van der Waals surface area contributed by atoms with Crippen molar-refractivity contribution in [2.45, 2.75) is 44.9 Å². The van der Waals surface area contributed by atoms with E-state index in [4.69, 9.17) is 0 Å². The number of carbonyl (C=O) groups is 1. The highest BCUT2D eigenvalue weighted by molar-refractivity contribution is 5.75. The first kappa shape index (κ1) is 18.0. The lowest BCUT2D eigenvalue weighted by atomic mass is 9.49. The standard InChI is InChI=1S/C25H28O2/c1-18-14-25(21-11-7-4-8-12-21)16-20(15-24(2,17-25)23(26)27)22(18)13-19-9-5-3-6-10-19/h3-13,18,20H,14-17H2,1-2H3,(H,26,27)/b22-13+. The van der Waals surface area contributed by atoms with Crippen molar-refractivity contribution >= 4 is 12.0 Å². The Kier molecular flexibility index (Phi) is 4.46. The molecule has 2 nitrogen and oxygen atoms in total.